The zero-order chi connectivity index (χ0) is 15.8. The van der Waals surface area contributed by atoms with Crippen molar-refractivity contribution in [3.63, 3.8) is 0 Å². The highest BCUT2D eigenvalue weighted by Crippen LogP contribution is 2.17. The van der Waals surface area contributed by atoms with E-state index in [9.17, 15) is 0 Å². The maximum atomic E-state index is 5.94. The number of halogens is 1. The monoisotopic (exact) mass is 425 g/mol. The molecule has 0 saturated heterocycles. The number of benzene rings is 2. The normalized spacial score (nSPS) is 10.8. The van der Waals surface area contributed by atoms with E-state index in [-0.39, 0.29) is 24.0 Å². The Hall–Kier alpha value is -1.76. The molecule has 0 atom stereocenters. The molecule has 0 fully saturated rings. The molecule has 2 aromatic carbocycles. The number of nitrogens with zero attached hydrogens (tertiary/aromatic N) is 1. The van der Waals surface area contributed by atoms with Crippen LogP contribution in [0.3, 0.4) is 0 Å². The molecule has 0 amide bonds. The second-order valence-electron chi connectivity index (χ2n) is 5.01. The fourth-order valence-electron chi connectivity index (χ4n) is 2.26. The summed E-state index contributed by atoms with van der Waals surface area (Å²) in [5.74, 6) is 1.32. The summed E-state index contributed by atoms with van der Waals surface area (Å²) in [5.41, 5.74) is 9.31. The topological polar surface area (TPSA) is 59.6 Å². The van der Waals surface area contributed by atoms with Crippen LogP contribution >= 0.6 is 24.0 Å². The third kappa shape index (κ3) is 6.09. The third-order valence-electron chi connectivity index (χ3n) is 3.46. The van der Waals surface area contributed by atoms with Gasteiger partial charge < -0.3 is 15.8 Å². The highest BCUT2D eigenvalue weighted by atomic mass is 127. The van der Waals surface area contributed by atoms with Gasteiger partial charge in [-0.1, -0.05) is 37.3 Å². The molecular formula is C18H24IN3O. The maximum absolute atomic E-state index is 5.94. The van der Waals surface area contributed by atoms with Gasteiger partial charge in [-0.05, 0) is 42.2 Å². The minimum Gasteiger partial charge on any atom is -0.496 e. The van der Waals surface area contributed by atoms with Crippen LogP contribution in [0.4, 0.5) is 5.69 Å². The summed E-state index contributed by atoms with van der Waals surface area (Å²) >= 11 is 0. The van der Waals surface area contributed by atoms with E-state index in [2.05, 4.69) is 29.4 Å². The van der Waals surface area contributed by atoms with Crippen LogP contribution in [-0.4, -0.2) is 19.6 Å². The molecule has 0 radical (unpaired) electrons. The van der Waals surface area contributed by atoms with Gasteiger partial charge in [-0.3, -0.25) is 4.99 Å². The SMILES string of the molecule is CCc1cccc(NC(N)=NCCc2ccccc2OC)c1.I. The molecule has 0 heterocycles. The van der Waals surface area contributed by atoms with Crippen LogP contribution in [0.2, 0.25) is 0 Å². The summed E-state index contributed by atoms with van der Waals surface area (Å²) in [6.45, 7) is 2.75. The van der Waals surface area contributed by atoms with Crippen molar-refractivity contribution in [1.82, 2.24) is 0 Å². The molecule has 0 unspecified atom stereocenters. The van der Waals surface area contributed by atoms with Crippen LogP contribution in [0.5, 0.6) is 5.75 Å². The van der Waals surface area contributed by atoms with E-state index in [1.54, 1.807) is 7.11 Å². The number of hydrogen-bond acceptors (Lipinski definition) is 2. The zero-order valence-electron chi connectivity index (χ0n) is 13.6. The maximum Gasteiger partial charge on any atom is 0.193 e. The Labute approximate surface area is 155 Å². The van der Waals surface area contributed by atoms with E-state index in [4.69, 9.17) is 10.5 Å². The molecule has 124 valence electrons. The quantitative estimate of drug-likeness (QED) is 0.420. The molecule has 0 aliphatic carbocycles. The van der Waals surface area contributed by atoms with Gasteiger partial charge in [0, 0.05) is 12.2 Å². The van der Waals surface area contributed by atoms with E-state index in [0.29, 0.717) is 12.5 Å². The lowest BCUT2D eigenvalue weighted by Gasteiger charge is -2.08. The molecular weight excluding hydrogens is 401 g/mol. The van der Waals surface area contributed by atoms with Crippen molar-refractivity contribution in [2.45, 2.75) is 19.8 Å². The number of aliphatic imine (C=N–C) groups is 1. The number of hydrogen-bond donors (Lipinski definition) is 2. The summed E-state index contributed by atoms with van der Waals surface area (Å²) in [7, 11) is 1.68. The van der Waals surface area contributed by atoms with Crippen LogP contribution < -0.4 is 15.8 Å². The van der Waals surface area contributed by atoms with E-state index >= 15 is 0 Å². The Morgan fingerprint density at radius 3 is 2.70 bits per heavy atom. The predicted octanol–water partition coefficient (Wildman–Crippen LogP) is 3.84. The van der Waals surface area contributed by atoms with Gasteiger partial charge in [-0.2, -0.15) is 0 Å². The number of anilines is 1. The molecule has 0 bridgehead atoms. The van der Waals surface area contributed by atoms with Crippen LogP contribution in [0.1, 0.15) is 18.1 Å². The minimum atomic E-state index is 0. The first-order chi connectivity index (χ1) is 10.7. The fraction of sp³-hybridized carbons (Fsp3) is 0.278. The van der Waals surface area contributed by atoms with Gasteiger partial charge in [0.25, 0.3) is 0 Å². The molecule has 0 aliphatic rings. The fourth-order valence-corrected chi connectivity index (χ4v) is 2.26. The number of aryl methyl sites for hydroxylation is 1. The lowest BCUT2D eigenvalue weighted by Crippen LogP contribution is -2.23. The standard InChI is InChI=1S/C18H23N3O.HI/c1-3-14-7-6-9-16(13-14)21-18(19)20-12-11-15-8-4-5-10-17(15)22-2;/h4-10,13H,3,11-12H2,1-2H3,(H3,19,20,21);1H. The van der Waals surface area contributed by atoms with Crippen molar-refractivity contribution in [3.8, 4) is 5.75 Å². The smallest absolute Gasteiger partial charge is 0.193 e. The molecule has 0 saturated carbocycles. The highest BCUT2D eigenvalue weighted by Gasteiger charge is 2.01. The van der Waals surface area contributed by atoms with E-state index < -0.39 is 0 Å². The van der Waals surface area contributed by atoms with Crippen LogP contribution in [0.15, 0.2) is 53.5 Å². The number of nitrogens with one attached hydrogen (secondary N) is 1. The van der Waals surface area contributed by atoms with E-state index in [1.165, 1.54) is 5.56 Å². The predicted molar refractivity (Wildman–Crippen MR) is 108 cm³/mol. The second kappa shape index (κ2) is 10.1. The van der Waals surface area contributed by atoms with E-state index in [1.807, 2.05) is 36.4 Å². The second-order valence-corrected chi connectivity index (χ2v) is 5.01. The first-order valence-corrected chi connectivity index (χ1v) is 7.50. The summed E-state index contributed by atoms with van der Waals surface area (Å²) < 4.78 is 5.33. The lowest BCUT2D eigenvalue weighted by atomic mass is 10.1. The molecule has 23 heavy (non-hydrogen) atoms. The summed E-state index contributed by atoms with van der Waals surface area (Å²) in [4.78, 5) is 4.37. The van der Waals surface area contributed by atoms with Crippen LogP contribution in [0.25, 0.3) is 0 Å². The number of ether oxygens (including phenoxy) is 1. The van der Waals surface area contributed by atoms with Crippen molar-refractivity contribution < 1.29 is 4.74 Å². The molecule has 5 heteroatoms. The lowest BCUT2D eigenvalue weighted by molar-refractivity contribution is 0.410. The number of para-hydroxylation sites is 1. The Morgan fingerprint density at radius 2 is 1.96 bits per heavy atom. The van der Waals surface area contributed by atoms with Crippen molar-refractivity contribution in [1.29, 1.82) is 0 Å². The molecule has 4 nitrogen and oxygen atoms in total. The van der Waals surface area contributed by atoms with Crippen LogP contribution in [-0.2, 0) is 12.8 Å². The average molecular weight is 425 g/mol. The van der Waals surface area contributed by atoms with Crippen LogP contribution in [0, 0.1) is 0 Å². The van der Waals surface area contributed by atoms with Gasteiger partial charge in [0.05, 0.1) is 7.11 Å². The molecule has 0 spiro atoms. The van der Waals surface area contributed by atoms with Crippen molar-refractivity contribution in [2.75, 3.05) is 19.0 Å². The molecule has 0 aliphatic heterocycles. The number of guanidine groups is 1. The number of nitrogens with two attached hydrogens (primary N) is 1. The van der Waals surface area contributed by atoms with Gasteiger partial charge in [0.1, 0.15) is 5.75 Å². The first-order valence-electron chi connectivity index (χ1n) is 7.50. The molecule has 2 aromatic rings. The van der Waals surface area contributed by atoms with Crippen molar-refractivity contribution >= 4 is 35.6 Å². The average Bonchev–Trinajstić information content (AvgIpc) is 2.55. The zero-order valence-corrected chi connectivity index (χ0v) is 15.9. The Morgan fingerprint density at radius 1 is 1.17 bits per heavy atom. The van der Waals surface area contributed by atoms with E-state index in [0.717, 1.165) is 29.8 Å². The highest BCUT2D eigenvalue weighted by molar-refractivity contribution is 14.0. The summed E-state index contributed by atoms with van der Waals surface area (Å²) in [6.07, 6.45) is 1.79. The van der Waals surface area contributed by atoms with Crippen molar-refractivity contribution in [2.24, 2.45) is 10.7 Å². The Kier molecular flexibility index (Phi) is 8.47. The molecule has 0 aromatic heterocycles. The Bertz CT molecular complexity index is 644. The molecule has 3 N–H and O–H groups in total. The van der Waals surface area contributed by atoms with Gasteiger partial charge in [-0.25, -0.2) is 0 Å². The van der Waals surface area contributed by atoms with Gasteiger partial charge in [0.2, 0.25) is 0 Å². The largest absolute Gasteiger partial charge is 0.496 e. The van der Waals surface area contributed by atoms with Gasteiger partial charge in [0.15, 0.2) is 5.96 Å². The summed E-state index contributed by atoms with van der Waals surface area (Å²) in [6, 6.07) is 16.1. The minimum absolute atomic E-state index is 0. The first kappa shape index (κ1) is 19.3. The number of rotatable bonds is 6. The van der Waals surface area contributed by atoms with Gasteiger partial charge in [-0.15, -0.1) is 24.0 Å². The summed E-state index contributed by atoms with van der Waals surface area (Å²) in [5, 5.41) is 3.13. The third-order valence-corrected chi connectivity index (χ3v) is 3.46. The van der Waals surface area contributed by atoms with Gasteiger partial charge >= 0.3 is 0 Å². The van der Waals surface area contributed by atoms with Crippen molar-refractivity contribution in [3.05, 3.63) is 59.7 Å². The number of methoxy groups -OCH3 is 1. The Balaban J connectivity index is 0.00000264. The molecule has 2 rings (SSSR count).